The number of aryl methyl sites for hydroxylation is 2. The molecule has 1 heteroatoms. The number of benzene rings is 1. The zero-order valence-corrected chi connectivity index (χ0v) is 8.81. The first-order valence-electron chi connectivity index (χ1n) is 3.87. The van der Waals surface area contributed by atoms with Crippen LogP contribution in [0.4, 0.5) is 0 Å². The number of rotatable bonds is 0. The summed E-state index contributed by atoms with van der Waals surface area (Å²) in [5.41, 5.74) is 5.59. The van der Waals surface area contributed by atoms with Crippen LogP contribution >= 0.6 is 9.24 Å². The molecule has 0 aliphatic heterocycles. The summed E-state index contributed by atoms with van der Waals surface area (Å²) < 4.78 is 0. The molecule has 0 spiro atoms. The highest BCUT2D eigenvalue weighted by atomic mass is 31.0. The third-order valence-corrected chi connectivity index (χ3v) is 3.30. The highest BCUT2D eigenvalue weighted by molar-refractivity contribution is 7.27. The fraction of sp³-hybridized carbons (Fsp3) is 0.400. The van der Waals surface area contributed by atoms with Gasteiger partial charge in [0.25, 0.3) is 0 Å². The molecule has 0 saturated carbocycles. The molecule has 11 heavy (non-hydrogen) atoms. The molecule has 0 aliphatic carbocycles. The molecule has 1 aromatic carbocycles. The van der Waals surface area contributed by atoms with E-state index in [2.05, 4.69) is 43.0 Å². The predicted octanol–water partition coefficient (Wildman–Crippen LogP) is 2.42. The topological polar surface area (TPSA) is 0 Å². The van der Waals surface area contributed by atoms with Gasteiger partial charge in [-0.05, 0) is 55.3 Å². The molecule has 1 rings (SSSR count). The zero-order valence-electron chi connectivity index (χ0n) is 7.65. The van der Waals surface area contributed by atoms with Crippen LogP contribution in [0.15, 0.2) is 6.07 Å². The summed E-state index contributed by atoms with van der Waals surface area (Å²) in [4.78, 5) is 0. The van der Waals surface area contributed by atoms with E-state index in [-0.39, 0.29) is 0 Å². The van der Waals surface area contributed by atoms with Crippen LogP contribution in [-0.2, 0) is 0 Å². The summed E-state index contributed by atoms with van der Waals surface area (Å²) in [6, 6.07) is 2.24. The van der Waals surface area contributed by atoms with E-state index >= 15 is 0 Å². The SMILES string of the molecule is Cc1cc(C)c(P)c(C)c1C. The summed E-state index contributed by atoms with van der Waals surface area (Å²) in [5, 5.41) is 1.35. The molecule has 0 N–H and O–H groups in total. The standard InChI is InChI=1S/C10H15P/c1-6-5-7(2)10(11)9(4)8(6)3/h5H,11H2,1-4H3. The summed E-state index contributed by atoms with van der Waals surface area (Å²) in [5.74, 6) is 0. The van der Waals surface area contributed by atoms with Gasteiger partial charge >= 0.3 is 0 Å². The summed E-state index contributed by atoms with van der Waals surface area (Å²) in [6.07, 6.45) is 0. The Morgan fingerprint density at radius 3 is 2.00 bits per heavy atom. The van der Waals surface area contributed by atoms with Crippen molar-refractivity contribution in [3.8, 4) is 0 Å². The van der Waals surface area contributed by atoms with Crippen LogP contribution in [0.3, 0.4) is 0 Å². The number of hydrogen-bond donors (Lipinski definition) is 0. The average Bonchev–Trinajstić information content (AvgIpc) is 1.97. The van der Waals surface area contributed by atoms with Crippen LogP contribution in [0.25, 0.3) is 0 Å². The lowest BCUT2D eigenvalue weighted by Crippen LogP contribution is -2.05. The van der Waals surface area contributed by atoms with Crippen molar-refractivity contribution in [2.75, 3.05) is 0 Å². The Balaban J connectivity index is 3.46. The van der Waals surface area contributed by atoms with Crippen LogP contribution in [0, 0.1) is 27.7 Å². The second-order valence-corrected chi connectivity index (χ2v) is 3.75. The van der Waals surface area contributed by atoms with Crippen molar-refractivity contribution in [2.24, 2.45) is 0 Å². The third kappa shape index (κ3) is 1.46. The van der Waals surface area contributed by atoms with Gasteiger partial charge in [0.15, 0.2) is 0 Å². The van der Waals surface area contributed by atoms with Crippen LogP contribution in [-0.4, -0.2) is 0 Å². The van der Waals surface area contributed by atoms with Crippen LogP contribution in [0.1, 0.15) is 22.3 Å². The molecular formula is C10H15P. The Bertz CT molecular complexity index is 261. The first-order chi connectivity index (χ1) is 5.04. The third-order valence-electron chi connectivity index (χ3n) is 2.42. The highest BCUT2D eigenvalue weighted by Crippen LogP contribution is 2.14. The lowest BCUT2D eigenvalue weighted by molar-refractivity contribution is 1.26. The predicted molar refractivity (Wildman–Crippen MR) is 54.7 cm³/mol. The van der Waals surface area contributed by atoms with Gasteiger partial charge in [-0.3, -0.25) is 0 Å². The molecule has 0 heterocycles. The van der Waals surface area contributed by atoms with Gasteiger partial charge in [0.2, 0.25) is 0 Å². The normalized spacial score (nSPS) is 10.3. The van der Waals surface area contributed by atoms with Crippen molar-refractivity contribution in [1.29, 1.82) is 0 Å². The van der Waals surface area contributed by atoms with Gasteiger partial charge in [-0.15, -0.1) is 9.24 Å². The molecule has 0 aliphatic rings. The monoisotopic (exact) mass is 166 g/mol. The summed E-state index contributed by atoms with van der Waals surface area (Å²) in [6.45, 7) is 8.68. The lowest BCUT2D eigenvalue weighted by Gasteiger charge is -2.10. The second kappa shape index (κ2) is 2.95. The minimum atomic E-state index is 1.35. The van der Waals surface area contributed by atoms with E-state index in [9.17, 15) is 0 Å². The Hall–Kier alpha value is -0.350. The van der Waals surface area contributed by atoms with Crippen molar-refractivity contribution in [2.45, 2.75) is 27.7 Å². The first kappa shape index (κ1) is 8.74. The van der Waals surface area contributed by atoms with Crippen molar-refractivity contribution in [1.82, 2.24) is 0 Å². The van der Waals surface area contributed by atoms with Crippen LogP contribution < -0.4 is 5.30 Å². The number of hydrogen-bond acceptors (Lipinski definition) is 0. The fourth-order valence-electron chi connectivity index (χ4n) is 1.30. The van der Waals surface area contributed by atoms with E-state index < -0.39 is 0 Å². The largest absolute Gasteiger partial charge is 0.105 e. The van der Waals surface area contributed by atoms with E-state index in [4.69, 9.17) is 0 Å². The smallest absolute Gasteiger partial charge is 0.0242 e. The Morgan fingerprint density at radius 1 is 0.909 bits per heavy atom. The molecule has 0 saturated heterocycles. The maximum absolute atomic E-state index is 2.80. The van der Waals surface area contributed by atoms with E-state index in [1.807, 2.05) is 0 Å². The molecule has 0 aromatic heterocycles. The molecule has 1 aromatic rings. The zero-order chi connectivity index (χ0) is 8.59. The molecule has 1 unspecified atom stereocenters. The van der Waals surface area contributed by atoms with E-state index in [0.717, 1.165) is 0 Å². The fourth-order valence-corrected chi connectivity index (χ4v) is 1.60. The van der Waals surface area contributed by atoms with Crippen LogP contribution in [0.2, 0.25) is 0 Å². The van der Waals surface area contributed by atoms with Gasteiger partial charge in [-0.2, -0.15) is 0 Å². The highest BCUT2D eigenvalue weighted by Gasteiger charge is 2.02. The van der Waals surface area contributed by atoms with Crippen molar-refractivity contribution in [3.05, 3.63) is 28.3 Å². The van der Waals surface area contributed by atoms with E-state index in [0.29, 0.717) is 0 Å². The van der Waals surface area contributed by atoms with Gasteiger partial charge < -0.3 is 0 Å². The van der Waals surface area contributed by atoms with Crippen molar-refractivity contribution < 1.29 is 0 Å². The van der Waals surface area contributed by atoms with E-state index in [1.165, 1.54) is 27.6 Å². The molecular weight excluding hydrogens is 151 g/mol. The van der Waals surface area contributed by atoms with Crippen molar-refractivity contribution in [3.63, 3.8) is 0 Å². The Labute approximate surface area is 71.2 Å². The molecule has 1 atom stereocenters. The van der Waals surface area contributed by atoms with Crippen LogP contribution in [0.5, 0.6) is 0 Å². The molecule has 0 bridgehead atoms. The lowest BCUT2D eigenvalue weighted by atomic mass is 10.0. The van der Waals surface area contributed by atoms with Crippen molar-refractivity contribution >= 4 is 14.5 Å². The summed E-state index contributed by atoms with van der Waals surface area (Å²) >= 11 is 0. The molecule has 0 fully saturated rings. The van der Waals surface area contributed by atoms with Gasteiger partial charge in [0, 0.05) is 0 Å². The van der Waals surface area contributed by atoms with Gasteiger partial charge in [-0.1, -0.05) is 6.07 Å². The van der Waals surface area contributed by atoms with E-state index in [1.54, 1.807) is 0 Å². The maximum Gasteiger partial charge on any atom is -0.0242 e. The Morgan fingerprint density at radius 2 is 1.45 bits per heavy atom. The van der Waals surface area contributed by atoms with Gasteiger partial charge in [0.1, 0.15) is 0 Å². The second-order valence-electron chi connectivity index (χ2n) is 3.17. The molecule has 60 valence electrons. The maximum atomic E-state index is 2.80. The first-order valence-corrected chi connectivity index (χ1v) is 4.44. The Kier molecular flexibility index (Phi) is 2.34. The average molecular weight is 166 g/mol. The molecule has 0 amide bonds. The van der Waals surface area contributed by atoms with Gasteiger partial charge in [0.05, 0.1) is 0 Å². The molecule has 0 nitrogen and oxygen atoms in total. The summed E-state index contributed by atoms with van der Waals surface area (Å²) in [7, 11) is 2.80. The minimum Gasteiger partial charge on any atom is -0.105 e. The van der Waals surface area contributed by atoms with Gasteiger partial charge in [-0.25, -0.2) is 0 Å². The molecule has 0 radical (unpaired) electrons. The minimum absolute atomic E-state index is 1.35. The quantitative estimate of drug-likeness (QED) is 0.519.